The molecule has 2 aromatic carbocycles. The summed E-state index contributed by atoms with van der Waals surface area (Å²) in [5.74, 6) is -0.396. The molecule has 0 aromatic heterocycles. The van der Waals surface area contributed by atoms with E-state index in [-0.39, 0.29) is 23.4 Å². The Morgan fingerprint density at radius 2 is 1.57 bits per heavy atom. The maximum atomic E-state index is 13.8. The zero-order valence-electron chi connectivity index (χ0n) is 26.6. The summed E-state index contributed by atoms with van der Waals surface area (Å²) < 4.78 is 73.0. The molecular formula is C33H42N3O8S2+. The van der Waals surface area contributed by atoms with Crippen molar-refractivity contribution in [3.05, 3.63) is 60.0 Å². The number of hydrogen-bond donors (Lipinski definition) is 3. The Kier molecular flexibility index (Phi) is 11.3. The highest BCUT2D eigenvalue weighted by molar-refractivity contribution is 7.89. The van der Waals surface area contributed by atoms with Gasteiger partial charge in [-0.3, -0.25) is 9.35 Å². The number of unbranched alkanes of at least 4 members (excludes halogenated alkanes) is 2. The van der Waals surface area contributed by atoms with Gasteiger partial charge in [0, 0.05) is 66.0 Å². The first-order valence-corrected chi connectivity index (χ1v) is 18.4. The quantitative estimate of drug-likeness (QED) is 0.0682. The fourth-order valence-electron chi connectivity index (χ4n) is 5.68. The largest absolute Gasteiger partial charge is 0.481 e. The Balaban J connectivity index is 2.00. The third-order valence-electron chi connectivity index (χ3n) is 8.12. The summed E-state index contributed by atoms with van der Waals surface area (Å²) in [5, 5.41) is 10.4. The fraction of sp³-hybridized carbons (Fsp3) is 0.394. The fourth-order valence-corrected chi connectivity index (χ4v) is 7.57. The first-order valence-electron chi connectivity index (χ1n) is 15.5. The van der Waals surface area contributed by atoms with Crippen molar-refractivity contribution in [3.8, 4) is 22.5 Å². The molecule has 46 heavy (non-hydrogen) atoms. The van der Waals surface area contributed by atoms with Crippen LogP contribution in [0.5, 0.6) is 0 Å². The molecule has 0 amide bonds. The molecule has 1 heterocycles. The van der Waals surface area contributed by atoms with Crippen LogP contribution in [0.3, 0.4) is 0 Å². The Bertz CT molecular complexity index is 1980. The van der Waals surface area contributed by atoms with Gasteiger partial charge in [-0.15, -0.1) is 0 Å². The number of rotatable bonds is 15. The minimum atomic E-state index is -4.73. The van der Waals surface area contributed by atoms with Gasteiger partial charge in [-0.1, -0.05) is 12.5 Å². The number of sulfonamides is 1. The number of carboxylic acids is 1. The van der Waals surface area contributed by atoms with Crippen LogP contribution >= 0.6 is 0 Å². The van der Waals surface area contributed by atoms with Crippen molar-refractivity contribution in [2.75, 3.05) is 37.6 Å². The highest BCUT2D eigenvalue weighted by Crippen LogP contribution is 2.43. The molecular weight excluding hydrogens is 631 g/mol. The van der Waals surface area contributed by atoms with Crippen molar-refractivity contribution in [2.24, 2.45) is 0 Å². The van der Waals surface area contributed by atoms with E-state index in [1.165, 1.54) is 12.1 Å². The van der Waals surface area contributed by atoms with Gasteiger partial charge in [0.15, 0.2) is 0 Å². The van der Waals surface area contributed by atoms with Gasteiger partial charge in [0.1, 0.15) is 24.4 Å². The normalized spacial score (nSPS) is 12.1. The summed E-state index contributed by atoms with van der Waals surface area (Å²) >= 11 is 0. The van der Waals surface area contributed by atoms with Gasteiger partial charge in [-0.05, 0) is 70.9 Å². The van der Waals surface area contributed by atoms with Gasteiger partial charge in [0.05, 0.1) is 15.9 Å². The predicted molar refractivity (Wildman–Crippen MR) is 179 cm³/mol. The van der Waals surface area contributed by atoms with Gasteiger partial charge in [-0.2, -0.15) is 8.42 Å². The number of nitrogens with one attached hydrogen (secondary N) is 1. The Labute approximate surface area is 270 Å². The van der Waals surface area contributed by atoms with Crippen LogP contribution in [0.1, 0.15) is 53.4 Å². The smallest absolute Gasteiger partial charge is 0.303 e. The van der Waals surface area contributed by atoms with Crippen LogP contribution in [0, 0.1) is 0 Å². The molecule has 0 atom stereocenters. The number of fused-ring (bicyclic) bond motifs is 2. The molecule has 1 aliphatic heterocycles. The molecule has 2 aromatic rings. The molecule has 11 nitrogen and oxygen atoms in total. The van der Waals surface area contributed by atoms with E-state index in [0.717, 1.165) is 43.3 Å². The number of nitrogens with zero attached hydrogens (tertiary/aromatic N) is 2. The van der Waals surface area contributed by atoms with Crippen molar-refractivity contribution in [1.82, 2.24) is 9.30 Å². The van der Waals surface area contributed by atoms with Crippen molar-refractivity contribution < 1.29 is 35.7 Å². The molecule has 0 fully saturated rings. The molecule has 3 N–H and O–H groups in total. The molecule has 2 aliphatic rings. The number of benzene rings is 3. The molecule has 0 saturated carbocycles. The van der Waals surface area contributed by atoms with E-state index in [1.807, 2.05) is 36.4 Å². The number of hydrogen-bond acceptors (Lipinski definition) is 7. The minimum absolute atomic E-state index is 0.0154. The monoisotopic (exact) mass is 672 g/mol. The zero-order valence-corrected chi connectivity index (χ0v) is 28.2. The van der Waals surface area contributed by atoms with Gasteiger partial charge in [0.2, 0.25) is 15.4 Å². The first kappa shape index (κ1) is 35.1. The molecule has 0 spiro atoms. The second-order valence-electron chi connectivity index (χ2n) is 10.9. The lowest BCUT2D eigenvalue weighted by atomic mass is 9.93. The molecule has 13 heteroatoms. The van der Waals surface area contributed by atoms with Crippen LogP contribution in [0.25, 0.3) is 33.4 Å². The predicted octanol–water partition coefficient (Wildman–Crippen LogP) is 5.03. The van der Waals surface area contributed by atoms with Gasteiger partial charge in [-0.25, -0.2) is 17.7 Å². The summed E-state index contributed by atoms with van der Waals surface area (Å²) in [4.78, 5) is 12.1. The van der Waals surface area contributed by atoms with Gasteiger partial charge < -0.3 is 14.4 Å². The van der Waals surface area contributed by atoms with Crippen LogP contribution in [-0.2, 0) is 24.9 Å². The van der Waals surface area contributed by atoms with Crippen LogP contribution in [0.15, 0.2) is 68.8 Å². The maximum Gasteiger partial charge on any atom is 0.303 e. The number of carboxylic acid groups (broad SMARTS) is 1. The highest BCUT2D eigenvalue weighted by Gasteiger charge is 2.27. The molecule has 0 unspecified atom stereocenters. The van der Waals surface area contributed by atoms with E-state index >= 15 is 0 Å². The number of carbonyl (C=O) groups is 1. The highest BCUT2D eigenvalue weighted by atomic mass is 32.2. The number of anilines is 1. The van der Waals surface area contributed by atoms with Crippen LogP contribution in [0.4, 0.5) is 5.69 Å². The Morgan fingerprint density at radius 1 is 0.870 bits per heavy atom. The lowest BCUT2D eigenvalue weighted by Gasteiger charge is -2.23. The maximum absolute atomic E-state index is 13.8. The summed E-state index contributed by atoms with van der Waals surface area (Å²) in [5.41, 5.74) is 2.87. The topological polar surface area (TPSA) is 157 Å². The van der Waals surface area contributed by atoms with Crippen LogP contribution in [0.2, 0.25) is 0 Å². The standard InChI is InChI=1S/C33H41N3O8S2/c1-5-35(6-2)23-13-16-26-29(20-23)44-30-21-24(36(7-3)8-4)14-17-27(30)33(26)28-18-15-25(46(41,42)43)22-31(28)45(39,40)34-19-11-9-10-12-32(37)38/h13-18,20-22,34H,5-12,19H2,1-4H3,(H-,37,38,41,42,43)/p+1. The minimum Gasteiger partial charge on any atom is -0.481 e. The molecule has 0 radical (unpaired) electrons. The second-order valence-corrected chi connectivity index (χ2v) is 14.1. The van der Waals surface area contributed by atoms with E-state index in [1.54, 1.807) is 0 Å². The third-order valence-corrected chi connectivity index (χ3v) is 10.5. The molecule has 1 aliphatic carbocycles. The van der Waals surface area contributed by atoms with E-state index < -0.39 is 31.0 Å². The lowest BCUT2D eigenvalue weighted by molar-refractivity contribution is -0.137. The average molecular weight is 673 g/mol. The summed E-state index contributed by atoms with van der Waals surface area (Å²) in [7, 11) is -9.04. The van der Waals surface area contributed by atoms with Gasteiger partial charge in [0.25, 0.3) is 10.1 Å². The molecule has 0 bridgehead atoms. The Morgan fingerprint density at radius 3 is 2.20 bits per heavy atom. The summed E-state index contributed by atoms with van der Waals surface area (Å²) in [6.07, 6.45) is 1.26. The van der Waals surface area contributed by atoms with Crippen LogP contribution < -0.4 is 19.6 Å². The zero-order chi connectivity index (χ0) is 33.6. The van der Waals surface area contributed by atoms with Crippen molar-refractivity contribution in [1.29, 1.82) is 0 Å². The van der Waals surface area contributed by atoms with E-state index in [2.05, 4.69) is 41.9 Å². The van der Waals surface area contributed by atoms with Crippen LogP contribution in [-0.4, -0.2) is 65.2 Å². The molecule has 0 saturated heterocycles. The molecule has 248 valence electrons. The van der Waals surface area contributed by atoms with Gasteiger partial charge >= 0.3 is 5.97 Å². The number of aliphatic carboxylic acids is 1. The summed E-state index contributed by atoms with van der Waals surface area (Å²) in [6.45, 7) is 11.3. The van der Waals surface area contributed by atoms with Crippen molar-refractivity contribution >= 4 is 42.8 Å². The second kappa shape index (κ2) is 14.8. The van der Waals surface area contributed by atoms with E-state index in [4.69, 9.17) is 9.52 Å². The first-order chi connectivity index (χ1) is 21.8. The lowest BCUT2D eigenvalue weighted by Crippen LogP contribution is -2.29. The summed E-state index contributed by atoms with van der Waals surface area (Å²) in [6, 6.07) is 15.0. The van der Waals surface area contributed by atoms with E-state index in [9.17, 15) is 26.2 Å². The molecule has 4 rings (SSSR count). The van der Waals surface area contributed by atoms with Crippen molar-refractivity contribution in [2.45, 2.75) is 63.2 Å². The third kappa shape index (κ3) is 7.77. The Hall–Kier alpha value is -3.78. The van der Waals surface area contributed by atoms with Crippen molar-refractivity contribution in [3.63, 3.8) is 0 Å². The SMILES string of the molecule is CCN(CC)c1ccc2c(-c3ccc(S(=O)(=O)O)cc3S(=O)(=O)NCCCCCC(=O)O)c3ccc(=[N+](CC)CC)cc-3oc2c1. The van der Waals surface area contributed by atoms with E-state index in [0.29, 0.717) is 47.1 Å². The average Bonchev–Trinajstić information content (AvgIpc) is 3.01.